The van der Waals surface area contributed by atoms with Crippen LogP contribution in [0.2, 0.25) is 0 Å². The number of carbonyl (C=O) groups excluding carboxylic acids is 1. The van der Waals surface area contributed by atoms with Crippen LogP contribution in [0.4, 0.5) is 18.9 Å². The van der Waals surface area contributed by atoms with E-state index in [0.717, 1.165) is 23.9 Å². The highest BCUT2D eigenvalue weighted by atomic mass is 32.2. The van der Waals surface area contributed by atoms with Crippen LogP contribution in [-0.2, 0) is 17.4 Å². The van der Waals surface area contributed by atoms with Crippen molar-refractivity contribution in [3.05, 3.63) is 51.9 Å². The topological polar surface area (TPSA) is 74.8 Å². The first-order chi connectivity index (χ1) is 11.3. The number of aromatic amines is 1. The average Bonchev–Trinajstić information content (AvgIpc) is 2.52. The van der Waals surface area contributed by atoms with Gasteiger partial charge in [0, 0.05) is 17.4 Å². The van der Waals surface area contributed by atoms with E-state index in [1.807, 2.05) is 6.92 Å². The van der Waals surface area contributed by atoms with Gasteiger partial charge in [0.2, 0.25) is 5.91 Å². The number of H-pyrrole nitrogens is 1. The van der Waals surface area contributed by atoms with Crippen molar-refractivity contribution in [3.63, 3.8) is 0 Å². The minimum atomic E-state index is -4.42. The van der Waals surface area contributed by atoms with Crippen molar-refractivity contribution in [2.24, 2.45) is 0 Å². The molecule has 128 valence electrons. The maximum Gasteiger partial charge on any atom is 0.416 e. The fourth-order valence-corrected chi connectivity index (χ4v) is 2.50. The SMILES string of the molecule is CCc1cc(=O)[nH]c(SCC(=O)Nc2ccc(C(F)(F)F)cc2)n1. The highest BCUT2D eigenvalue weighted by Crippen LogP contribution is 2.29. The Labute approximate surface area is 139 Å². The van der Waals surface area contributed by atoms with E-state index >= 15 is 0 Å². The summed E-state index contributed by atoms with van der Waals surface area (Å²) >= 11 is 1.04. The molecule has 24 heavy (non-hydrogen) atoms. The van der Waals surface area contributed by atoms with Crippen LogP contribution in [0, 0.1) is 0 Å². The number of nitrogens with one attached hydrogen (secondary N) is 2. The molecule has 0 aliphatic rings. The van der Waals surface area contributed by atoms with E-state index in [-0.39, 0.29) is 17.0 Å². The first-order valence-electron chi connectivity index (χ1n) is 6.98. The predicted octanol–water partition coefficient (Wildman–Crippen LogP) is 3.08. The third-order valence-corrected chi connectivity index (χ3v) is 3.84. The number of halogens is 3. The van der Waals surface area contributed by atoms with Gasteiger partial charge >= 0.3 is 6.18 Å². The van der Waals surface area contributed by atoms with E-state index in [2.05, 4.69) is 15.3 Å². The molecule has 2 N–H and O–H groups in total. The number of rotatable bonds is 5. The molecule has 5 nitrogen and oxygen atoms in total. The fraction of sp³-hybridized carbons (Fsp3) is 0.267. The van der Waals surface area contributed by atoms with Gasteiger partial charge in [-0.1, -0.05) is 18.7 Å². The van der Waals surface area contributed by atoms with Gasteiger partial charge in [0.25, 0.3) is 5.56 Å². The molecule has 0 fully saturated rings. The number of aryl methyl sites for hydroxylation is 1. The van der Waals surface area contributed by atoms with Crippen molar-refractivity contribution in [1.82, 2.24) is 9.97 Å². The first-order valence-corrected chi connectivity index (χ1v) is 7.96. The first kappa shape index (κ1) is 18.1. The Bertz CT molecular complexity index is 773. The molecule has 2 aromatic rings. The summed E-state index contributed by atoms with van der Waals surface area (Å²) in [4.78, 5) is 29.9. The molecule has 0 saturated carbocycles. The van der Waals surface area contributed by atoms with Gasteiger partial charge in [0.15, 0.2) is 5.16 Å². The number of amides is 1. The summed E-state index contributed by atoms with van der Waals surface area (Å²) in [6.45, 7) is 1.85. The Morgan fingerprint density at radius 1 is 1.29 bits per heavy atom. The minimum absolute atomic E-state index is 0.0306. The molecule has 1 aromatic carbocycles. The Morgan fingerprint density at radius 2 is 1.96 bits per heavy atom. The summed E-state index contributed by atoms with van der Waals surface area (Å²) < 4.78 is 37.4. The van der Waals surface area contributed by atoms with Crippen LogP contribution in [0.25, 0.3) is 0 Å². The van der Waals surface area contributed by atoms with Gasteiger partial charge in [-0.05, 0) is 30.7 Å². The third-order valence-electron chi connectivity index (χ3n) is 2.97. The van der Waals surface area contributed by atoms with Crippen LogP contribution >= 0.6 is 11.8 Å². The van der Waals surface area contributed by atoms with E-state index in [4.69, 9.17) is 0 Å². The van der Waals surface area contributed by atoms with Crippen LogP contribution in [0.3, 0.4) is 0 Å². The second-order valence-electron chi connectivity index (χ2n) is 4.81. The third kappa shape index (κ3) is 5.12. The summed E-state index contributed by atoms with van der Waals surface area (Å²) in [7, 11) is 0. The maximum atomic E-state index is 12.5. The molecule has 0 unspecified atom stereocenters. The van der Waals surface area contributed by atoms with Gasteiger partial charge in [-0.3, -0.25) is 9.59 Å². The number of carbonyl (C=O) groups is 1. The Hall–Kier alpha value is -2.29. The van der Waals surface area contributed by atoms with Crippen molar-refractivity contribution in [1.29, 1.82) is 0 Å². The van der Waals surface area contributed by atoms with Crippen LogP contribution < -0.4 is 10.9 Å². The summed E-state index contributed by atoms with van der Waals surface area (Å²) in [6, 6.07) is 5.54. The second-order valence-corrected chi connectivity index (χ2v) is 5.77. The molecule has 0 radical (unpaired) electrons. The molecule has 0 bridgehead atoms. The van der Waals surface area contributed by atoms with Crippen LogP contribution in [0.15, 0.2) is 40.3 Å². The van der Waals surface area contributed by atoms with Crippen molar-refractivity contribution < 1.29 is 18.0 Å². The lowest BCUT2D eigenvalue weighted by molar-refractivity contribution is -0.137. The second kappa shape index (κ2) is 7.52. The van der Waals surface area contributed by atoms with Gasteiger partial charge < -0.3 is 10.3 Å². The largest absolute Gasteiger partial charge is 0.416 e. The number of benzene rings is 1. The zero-order valence-corrected chi connectivity index (χ0v) is 13.4. The molecule has 0 saturated heterocycles. The number of anilines is 1. The monoisotopic (exact) mass is 357 g/mol. The standard InChI is InChI=1S/C15H14F3N3O2S/c1-2-10-7-12(22)21-14(20-10)24-8-13(23)19-11-5-3-9(4-6-11)15(16,17)18/h3-7H,2,8H2,1H3,(H,19,23)(H,20,21,22). The lowest BCUT2D eigenvalue weighted by Gasteiger charge is -2.08. The molecule has 0 spiro atoms. The Kier molecular flexibility index (Phi) is 5.66. The molecule has 1 heterocycles. The van der Waals surface area contributed by atoms with Gasteiger partial charge in [-0.15, -0.1) is 0 Å². The summed E-state index contributed by atoms with van der Waals surface area (Å²) in [5.41, 5.74) is -0.206. The van der Waals surface area contributed by atoms with Gasteiger partial charge in [-0.25, -0.2) is 4.98 Å². The Balaban J connectivity index is 1.94. The Morgan fingerprint density at radius 3 is 2.54 bits per heavy atom. The van der Waals surface area contributed by atoms with Gasteiger partial charge in [0.1, 0.15) is 0 Å². The van der Waals surface area contributed by atoms with E-state index in [9.17, 15) is 22.8 Å². The number of aromatic nitrogens is 2. The van der Waals surface area contributed by atoms with Crippen LogP contribution in [0.1, 0.15) is 18.2 Å². The molecule has 2 rings (SSSR count). The predicted molar refractivity (Wildman–Crippen MR) is 85.0 cm³/mol. The number of thioether (sulfide) groups is 1. The molecular weight excluding hydrogens is 343 g/mol. The maximum absolute atomic E-state index is 12.5. The van der Waals surface area contributed by atoms with E-state index in [1.54, 1.807) is 0 Å². The van der Waals surface area contributed by atoms with Crippen molar-refractivity contribution in [2.45, 2.75) is 24.7 Å². The normalized spacial score (nSPS) is 11.3. The van der Waals surface area contributed by atoms with Gasteiger partial charge in [0.05, 0.1) is 11.3 Å². The van der Waals surface area contributed by atoms with E-state index in [0.29, 0.717) is 17.3 Å². The highest BCUT2D eigenvalue weighted by Gasteiger charge is 2.29. The zero-order valence-electron chi connectivity index (χ0n) is 12.6. The number of alkyl halides is 3. The summed E-state index contributed by atoms with van der Waals surface area (Å²) in [6.07, 6.45) is -3.82. The molecular formula is C15H14F3N3O2S. The minimum Gasteiger partial charge on any atom is -0.325 e. The smallest absolute Gasteiger partial charge is 0.325 e. The van der Waals surface area contributed by atoms with E-state index < -0.39 is 17.6 Å². The lowest BCUT2D eigenvalue weighted by atomic mass is 10.2. The number of nitrogens with zero attached hydrogens (tertiary/aromatic N) is 1. The fourth-order valence-electron chi connectivity index (χ4n) is 1.81. The summed E-state index contributed by atoms with van der Waals surface area (Å²) in [5, 5.41) is 2.81. The molecule has 0 aliphatic heterocycles. The molecule has 1 aromatic heterocycles. The van der Waals surface area contributed by atoms with Crippen molar-refractivity contribution in [2.75, 3.05) is 11.1 Å². The van der Waals surface area contributed by atoms with E-state index in [1.165, 1.54) is 18.2 Å². The lowest BCUT2D eigenvalue weighted by Crippen LogP contribution is -2.16. The van der Waals surface area contributed by atoms with Crippen LogP contribution in [-0.4, -0.2) is 21.6 Å². The van der Waals surface area contributed by atoms with Crippen molar-refractivity contribution in [3.8, 4) is 0 Å². The number of hydrogen-bond acceptors (Lipinski definition) is 4. The average molecular weight is 357 g/mol. The molecule has 1 amide bonds. The summed E-state index contributed by atoms with van der Waals surface area (Å²) in [5.74, 6) is -0.443. The molecule has 0 aliphatic carbocycles. The number of hydrogen-bond donors (Lipinski definition) is 2. The molecule has 0 atom stereocenters. The van der Waals surface area contributed by atoms with Gasteiger partial charge in [-0.2, -0.15) is 13.2 Å². The quantitative estimate of drug-likeness (QED) is 0.637. The highest BCUT2D eigenvalue weighted by molar-refractivity contribution is 7.99. The zero-order chi connectivity index (χ0) is 17.7. The van der Waals surface area contributed by atoms with Crippen molar-refractivity contribution >= 4 is 23.4 Å². The molecule has 9 heteroatoms. The van der Waals surface area contributed by atoms with Crippen LogP contribution in [0.5, 0.6) is 0 Å².